The van der Waals surface area contributed by atoms with E-state index in [1.807, 2.05) is 24.3 Å². The summed E-state index contributed by atoms with van der Waals surface area (Å²) in [7, 11) is 1.60. The lowest BCUT2D eigenvalue weighted by Crippen LogP contribution is -2.33. The molecule has 0 spiro atoms. The van der Waals surface area contributed by atoms with Gasteiger partial charge < -0.3 is 14.6 Å². The summed E-state index contributed by atoms with van der Waals surface area (Å²) in [5.74, 6) is -0.398. The number of hydrogen-bond donors (Lipinski definition) is 0. The van der Waals surface area contributed by atoms with Crippen LogP contribution in [0.2, 0.25) is 0 Å². The molecule has 3 aromatic rings. The normalized spacial score (nSPS) is 12.2. The van der Waals surface area contributed by atoms with Crippen LogP contribution in [-0.2, 0) is 4.79 Å². The standard InChI is InChI=1S/C15H15N5O3S/c1-3-11(15(21)22)24-14-12-13(16-8-17-14)20(19-18-12)9-4-6-10(23-2)7-5-9/h4-8,11H,3H2,1-2H3,(H,21,22)/p-1/t11-/m1/s1. The number of carbonyl (C=O) groups excluding carboxylic acids is 1. The van der Waals surface area contributed by atoms with E-state index in [1.54, 1.807) is 18.7 Å². The van der Waals surface area contributed by atoms with E-state index in [9.17, 15) is 9.90 Å². The van der Waals surface area contributed by atoms with Crippen molar-refractivity contribution in [2.75, 3.05) is 7.11 Å². The minimum absolute atomic E-state index is 0.422. The van der Waals surface area contributed by atoms with Crippen molar-refractivity contribution >= 4 is 28.9 Å². The molecule has 0 saturated heterocycles. The first kappa shape index (κ1) is 16.2. The molecular weight excluding hydrogens is 330 g/mol. The van der Waals surface area contributed by atoms with E-state index in [0.717, 1.165) is 23.2 Å². The van der Waals surface area contributed by atoms with Gasteiger partial charge in [0.05, 0.1) is 24.0 Å². The third kappa shape index (κ3) is 3.02. The highest BCUT2D eigenvalue weighted by Crippen LogP contribution is 2.28. The predicted molar refractivity (Wildman–Crippen MR) is 86.0 cm³/mol. The summed E-state index contributed by atoms with van der Waals surface area (Å²) >= 11 is 1.09. The first-order valence-electron chi connectivity index (χ1n) is 7.22. The number of nitrogens with zero attached hydrogens (tertiary/aromatic N) is 5. The second-order valence-electron chi connectivity index (χ2n) is 4.88. The molecule has 0 N–H and O–H groups in total. The number of hydrogen-bond acceptors (Lipinski definition) is 8. The van der Waals surface area contributed by atoms with Crippen molar-refractivity contribution in [3.63, 3.8) is 0 Å². The summed E-state index contributed by atoms with van der Waals surface area (Å²) in [4.78, 5) is 19.5. The molecule has 1 aromatic carbocycles. The van der Waals surface area contributed by atoms with Gasteiger partial charge in [-0.25, -0.2) is 9.97 Å². The second-order valence-corrected chi connectivity index (χ2v) is 6.08. The van der Waals surface area contributed by atoms with Crippen molar-refractivity contribution < 1.29 is 14.6 Å². The van der Waals surface area contributed by atoms with Crippen LogP contribution >= 0.6 is 11.8 Å². The summed E-state index contributed by atoms with van der Waals surface area (Å²) in [5.41, 5.74) is 1.73. The molecule has 0 bridgehead atoms. The highest BCUT2D eigenvalue weighted by molar-refractivity contribution is 8.00. The molecule has 124 valence electrons. The molecule has 0 unspecified atom stereocenters. The lowest BCUT2D eigenvalue weighted by atomic mass is 10.3. The van der Waals surface area contributed by atoms with Crippen molar-refractivity contribution in [2.24, 2.45) is 0 Å². The van der Waals surface area contributed by atoms with Crippen LogP contribution in [0.3, 0.4) is 0 Å². The number of benzene rings is 1. The first-order chi connectivity index (χ1) is 11.6. The maximum Gasteiger partial charge on any atom is 0.187 e. The van der Waals surface area contributed by atoms with Gasteiger partial charge in [-0.1, -0.05) is 23.9 Å². The largest absolute Gasteiger partial charge is 0.549 e. The smallest absolute Gasteiger partial charge is 0.187 e. The Labute approximate surface area is 141 Å². The lowest BCUT2D eigenvalue weighted by Gasteiger charge is -2.14. The van der Waals surface area contributed by atoms with Crippen molar-refractivity contribution in [2.45, 2.75) is 23.6 Å². The average Bonchev–Trinajstić information content (AvgIpc) is 3.04. The van der Waals surface area contributed by atoms with Gasteiger partial charge >= 0.3 is 0 Å². The molecule has 2 aromatic heterocycles. The van der Waals surface area contributed by atoms with E-state index >= 15 is 0 Å². The second kappa shape index (κ2) is 6.83. The summed E-state index contributed by atoms with van der Waals surface area (Å²) in [6.45, 7) is 1.78. The van der Waals surface area contributed by atoms with Crippen LogP contribution in [0.1, 0.15) is 13.3 Å². The van der Waals surface area contributed by atoms with Gasteiger partial charge in [-0.05, 0) is 30.7 Å². The lowest BCUT2D eigenvalue weighted by molar-refractivity contribution is -0.304. The van der Waals surface area contributed by atoms with Gasteiger partial charge in [0.1, 0.15) is 17.1 Å². The molecule has 0 saturated carbocycles. The van der Waals surface area contributed by atoms with Crippen LogP contribution in [-0.4, -0.2) is 43.3 Å². The van der Waals surface area contributed by atoms with Crippen molar-refractivity contribution in [3.8, 4) is 11.4 Å². The van der Waals surface area contributed by atoms with Gasteiger partial charge in [0, 0.05) is 0 Å². The molecule has 3 rings (SSSR count). The third-order valence-electron chi connectivity index (χ3n) is 3.41. The third-order valence-corrected chi connectivity index (χ3v) is 4.74. The van der Waals surface area contributed by atoms with Crippen LogP contribution in [0.15, 0.2) is 35.6 Å². The van der Waals surface area contributed by atoms with Gasteiger partial charge in [0.2, 0.25) is 0 Å². The fourth-order valence-electron chi connectivity index (χ4n) is 2.14. The molecular formula is C15H14N5O3S-. The van der Waals surface area contributed by atoms with Gasteiger partial charge in [-0.3, -0.25) is 0 Å². The molecule has 9 heteroatoms. The van der Waals surface area contributed by atoms with E-state index in [2.05, 4.69) is 20.3 Å². The number of ether oxygens (including phenoxy) is 1. The molecule has 0 radical (unpaired) electrons. The van der Waals surface area contributed by atoms with Crippen molar-refractivity contribution in [1.29, 1.82) is 0 Å². The van der Waals surface area contributed by atoms with E-state index in [-0.39, 0.29) is 0 Å². The zero-order valence-electron chi connectivity index (χ0n) is 13.0. The van der Waals surface area contributed by atoms with E-state index in [0.29, 0.717) is 22.6 Å². The summed E-state index contributed by atoms with van der Waals surface area (Å²) < 4.78 is 6.71. The Bertz CT molecular complexity index is 865. The number of thioether (sulfide) groups is 1. The van der Waals surface area contributed by atoms with E-state index in [4.69, 9.17) is 4.74 Å². The number of aliphatic carboxylic acids is 1. The van der Waals surface area contributed by atoms with Gasteiger partial charge in [-0.2, -0.15) is 4.68 Å². The van der Waals surface area contributed by atoms with Gasteiger partial charge in [0.25, 0.3) is 0 Å². The van der Waals surface area contributed by atoms with E-state index < -0.39 is 11.2 Å². The molecule has 1 atom stereocenters. The van der Waals surface area contributed by atoms with Crippen molar-refractivity contribution in [3.05, 3.63) is 30.6 Å². The van der Waals surface area contributed by atoms with Crippen LogP contribution in [0.5, 0.6) is 5.75 Å². The molecule has 0 aliphatic heterocycles. The Morgan fingerprint density at radius 2 is 2.08 bits per heavy atom. The number of carbonyl (C=O) groups is 1. The molecule has 0 fully saturated rings. The summed E-state index contributed by atoms with van der Waals surface area (Å²) in [6.07, 6.45) is 1.79. The average molecular weight is 344 g/mol. The minimum Gasteiger partial charge on any atom is -0.549 e. The molecule has 2 heterocycles. The Morgan fingerprint density at radius 3 is 2.71 bits per heavy atom. The summed E-state index contributed by atoms with van der Waals surface area (Å²) in [6, 6.07) is 7.28. The molecule has 24 heavy (non-hydrogen) atoms. The molecule has 0 aliphatic rings. The summed E-state index contributed by atoms with van der Waals surface area (Å²) in [5, 5.41) is 19.1. The SMILES string of the molecule is CC[C@@H](Sc1ncnc2c1nnn2-c1ccc(OC)cc1)C(=O)[O-]. The first-order valence-corrected chi connectivity index (χ1v) is 8.10. The maximum atomic E-state index is 11.1. The zero-order chi connectivity index (χ0) is 17.1. The molecule has 0 aliphatic carbocycles. The maximum absolute atomic E-state index is 11.1. The Hall–Kier alpha value is -2.68. The molecule has 8 nitrogen and oxygen atoms in total. The Morgan fingerprint density at radius 1 is 1.33 bits per heavy atom. The monoisotopic (exact) mass is 344 g/mol. The number of fused-ring (bicyclic) bond motifs is 1. The van der Waals surface area contributed by atoms with Crippen LogP contribution in [0, 0.1) is 0 Å². The highest BCUT2D eigenvalue weighted by Gasteiger charge is 2.17. The van der Waals surface area contributed by atoms with E-state index in [1.165, 1.54) is 6.33 Å². The predicted octanol–water partition coefficient (Wildman–Crippen LogP) is 0.840. The van der Waals surface area contributed by atoms with Gasteiger partial charge in [0.15, 0.2) is 11.2 Å². The van der Waals surface area contributed by atoms with Crippen LogP contribution < -0.4 is 9.84 Å². The zero-order valence-corrected chi connectivity index (χ0v) is 13.9. The highest BCUT2D eigenvalue weighted by atomic mass is 32.2. The van der Waals surface area contributed by atoms with Gasteiger partial charge in [-0.15, -0.1) is 5.10 Å². The Kier molecular flexibility index (Phi) is 4.61. The number of carboxylic acids is 1. The van der Waals surface area contributed by atoms with Crippen LogP contribution in [0.25, 0.3) is 16.9 Å². The fraction of sp³-hybridized carbons (Fsp3) is 0.267. The molecule has 0 amide bonds. The number of aromatic nitrogens is 5. The van der Waals surface area contributed by atoms with Crippen molar-refractivity contribution in [1.82, 2.24) is 25.0 Å². The number of rotatable bonds is 6. The quantitative estimate of drug-likeness (QED) is 0.478. The topological polar surface area (TPSA) is 106 Å². The number of methoxy groups -OCH3 is 1. The Balaban J connectivity index is 2.00. The number of carboxylic acid groups (broad SMARTS) is 1. The minimum atomic E-state index is -1.13. The van der Waals surface area contributed by atoms with Crippen LogP contribution in [0.4, 0.5) is 0 Å². The fourth-order valence-corrected chi connectivity index (χ4v) is 3.03.